The van der Waals surface area contributed by atoms with Crippen molar-refractivity contribution in [1.29, 1.82) is 0 Å². The van der Waals surface area contributed by atoms with Crippen molar-refractivity contribution < 1.29 is 28.6 Å². The van der Waals surface area contributed by atoms with Crippen molar-refractivity contribution in [2.24, 2.45) is 5.92 Å². The maximum absolute atomic E-state index is 13.4. The van der Waals surface area contributed by atoms with E-state index in [0.717, 1.165) is 36.8 Å². The number of hydrogen-bond donors (Lipinski definition) is 1. The molecule has 3 aliphatic rings. The maximum Gasteiger partial charge on any atom is 0.323 e. The third-order valence-corrected chi connectivity index (χ3v) is 8.84. The van der Waals surface area contributed by atoms with Crippen molar-refractivity contribution in [3.05, 3.63) is 93.6 Å². The van der Waals surface area contributed by atoms with Gasteiger partial charge in [-0.1, -0.05) is 68.7 Å². The highest BCUT2D eigenvalue weighted by atomic mass is 32.2. The standard InChI is InChI=1S/C34H42FNO5S/c1-3-4-9-24(2)33(27-11-6-5-7-12-27)41-30-20-26(21-31-34(39)36(23-42-31)22-32(37)38)10-8-13-29(30)40-19-18-25-14-16-28(35)17-15-25/h9-10,13-17,20-21,27,33H,3-8,11-12,18-19,22-23H2,1-2H3,(H,37,38)/b24-9+,31-21-. The van der Waals surface area contributed by atoms with Crippen LogP contribution in [-0.2, 0) is 25.5 Å². The quantitative estimate of drug-likeness (QED) is 0.186. The molecule has 1 unspecified atom stereocenters. The number of rotatable bonds is 13. The fourth-order valence-electron chi connectivity index (χ4n) is 5.52. The van der Waals surface area contributed by atoms with E-state index in [1.807, 2.05) is 24.3 Å². The van der Waals surface area contributed by atoms with Crippen LogP contribution in [0.25, 0.3) is 0 Å². The lowest BCUT2D eigenvalue weighted by molar-refractivity contribution is -0.141. The largest absolute Gasteiger partial charge is 0.490 e. The lowest BCUT2D eigenvalue weighted by atomic mass is 9.82. The van der Waals surface area contributed by atoms with E-state index in [9.17, 15) is 14.0 Å². The first-order valence-electron chi connectivity index (χ1n) is 15.0. The van der Waals surface area contributed by atoms with Crippen LogP contribution in [0, 0.1) is 11.7 Å². The summed E-state index contributed by atoms with van der Waals surface area (Å²) in [7, 11) is 0. The first-order chi connectivity index (χ1) is 20.3. The molecule has 1 aromatic carbocycles. The van der Waals surface area contributed by atoms with Crippen molar-refractivity contribution in [3.63, 3.8) is 0 Å². The molecule has 4 rings (SSSR count). The topological polar surface area (TPSA) is 76.1 Å². The zero-order valence-corrected chi connectivity index (χ0v) is 25.5. The molecule has 1 heterocycles. The van der Waals surface area contributed by atoms with Crippen LogP contribution in [0.2, 0.25) is 0 Å². The molecule has 0 aromatic heterocycles. The molecule has 0 bridgehead atoms. The molecule has 1 saturated carbocycles. The second-order valence-corrected chi connectivity index (χ2v) is 12.1. The number of hydrogen-bond acceptors (Lipinski definition) is 5. The molecule has 1 amide bonds. The summed E-state index contributed by atoms with van der Waals surface area (Å²) in [6.45, 7) is 4.43. The average Bonchev–Trinajstić information content (AvgIpc) is 3.19. The van der Waals surface area contributed by atoms with Crippen molar-refractivity contribution >= 4 is 23.6 Å². The summed E-state index contributed by atoms with van der Waals surface area (Å²) in [5.41, 5.74) is 3.04. The summed E-state index contributed by atoms with van der Waals surface area (Å²) in [4.78, 5) is 25.9. The Kier molecular flexibility index (Phi) is 11.9. The third-order valence-electron chi connectivity index (χ3n) is 7.79. The van der Waals surface area contributed by atoms with Crippen molar-refractivity contribution in [2.75, 3.05) is 19.0 Å². The van der Waals surface area contributed by atoms with Crippen LogP contribution >= 0.6 is 11.8 Å². The molecule has 1 saturated heterocycles. The van der Waals surface area contributed by atoms with Gasteiger partial charge in [0.15, 0.2) is 11.5 Å². The molecule has 1 N–H and O–H groups in total. The van der Waals surface area contributed by atoms with Crippen LogP contribution < -0.4 is 0 Å². The molecule has 1 aromatic rings. The van der Waals surface area contributed by atoms with Crippen LogP contribution in [-0.4, -0.2) is 47.0 Å². The summed E-state index contributed by atoms with van der Waals surface area (Å²) in [6.07, 6.45) is 19.2. The predicted octanol–water partition coefficient (Wildman–Crippen LogP) is 7.70. The highest BCUT2D eigenvalue weighted by molar-refractivity contribution is 8.04. The SMILES string of the molecule is CCC/C=C(\C)C(OC1=CC(/C=C2\SCN(CC(=O)O)C2=O)=CCC=C1OCCc1ccc(F)cc1)C1CCCCC1. The molecule has 1 atom stereocenters. The Hall–Kier alpha value is -3.26. The number of amides is 1. The number of allylic oxidation sites excluding steroid dienone is 6. The molecule has 6 nitrogen and oxygen atoms in total. The van der Waals surface area contributed by atoms with Gasteiger partial charge in [-0.15, -0.1) is 0 Å². The number of carbonyl (C=O) groups is 2. The van der Waals surface area contributed by atoms with Gasteiger partial charge in [-0.2, -0.15) is 0 Å². The first kappa shape index (κ1) is 31.7. The van der Waals surface area contributed by atoms with Gasteiger partial charge >= 0.3 is 5.97 Å². The Morgan fingerprint density at radius 3 is 2.64 bits per heavy atom. The Morgan fingerprint density at radius 1 is 1.17 bits per heavy atom. The van der Waals surface area contributed by atoms with E-state index < -0.39 is 5.97 Å². The molecule has 8 heteroatoms. The van der Waals surface area contributed by atoms with E-state index in [-0.39, 0.29) is 24.4 Å². The predicted molar refractivity (Wildman–Crippen MR) is 165 cm³/mol. The zero-order valence-electron chi connectivity index (χ0n) is 24.6. The smallest absolute Gasteiger partial charge is 0.323 e. The number of thioether (sulfide) groups is 1. The van der Waals surface area contributed by atoms with Crippen LogP contribution in [0.15, 0.2) is 82.2 Å². The van der Waals surface area contributed by atoms with Gasteiger partial charge in [-0.05, 0) is 85.6 Å². The monoisotopic (exact) mass is 595 g/mol. The van der Waals surface area contributed by atoms with E-state index in [4.69, 9.17) is 14.6 Å². The van der Waals surface area contributed by atoms with E-state index in [2.05, 4.69) is 19.9 Å². The Balaban J connectivity index is 1.59. The van der Waals surface area contributed by atoms with E-state index >= 15 is 0 Å². The lowest BCUT2D eigenvalue weighted by Crippen LogP contribution is -2.30. The van der Waals surface area contributed by atoms with Gasteiger partial charge in [0.1, 0.15) is 18.5 Å². The molecule has 2 aliphatic carbocycles. The van der Waals surface area contributed by atoms with Crippen molar-refractivity contribution in [3.8, 4) is 0 Å². The molecule has 0 spiro atoms. The van der Waals surface area contributed by atoms with Crippen molar-refractivity contribution in [2.45, 2.75) is 77.7 Å². The molecule has 1 aliphatic heterocycles. The Morgan fingerprint density at radius 2 is 1.93 bits per heavy atom. The van der Waals surface area contributed by atoms with Crippen LogP contribution in [0.4, 0.5) is 4.39 Å². The van der Waals surface area contributed by atoms with E-state index in [1.165, 1.54) is 53.6 Å². The number of halogens is 1. The number of carbonyl (C=O) groups excluding carboxylic acids is 1. The molecule has 2 fully saturated rings. The lowest BCUT2D eigenvalue weighted by Gasteiger charge is -2.32. The minimum absolute atomic E-state index is 0.0762. The second kappa shape index (κ2) is 15.8. The van der Waals surface area contributed by atoms with Gasteiger partial charge in [0, 0.05) is 6.42 Å². The highest BCUT2D eigenvalue weighted by Gasteiger charge is 2.30. The van der Waals surface area contributed by atoms with Gasteiger partial charge < -0.3 is 19.5 Å². The summed E-state index contributed by atoms with van der Waals surface area (Å²) in [5, 5.41) is 9.14. The fraction of sp³-hybridized carbons (Fsp3) is 0.471. The summed E-state index contributed by atoms with van der Waals surface area (Å²) >= 11 is 1.35. The number of aliphatic carboxylic acids is 1. The number of unbranched alkanes of at least 4 members (excludes halogenated alkanes) is 1. The summed E-state index contributed by atoms with van der Waals surface area (Å²) in [5.74, 6) is 0.461. The minimum atomic E-state index is -1.03. The summed E-state index contributed by atoms with van der Waals surface area (Å²) in [6, 6.07) is 6.45. The van der Waals surface area contributed by atoms with Gasteiger partial charge in [-0.3, -0.25) is 9.59 Å². The van der Waals surface area contributed by atoms with Gasteiger partial charge in [0.25, 0.3) is 5.91 Å². The molecular weight excluding hydrogens is 553 g/mol. The molecule has 226 valence electrons. The summed E-state index contributed by atoms with van der Waals surface area (Å²) < 4.78 is 26.6. The fourth-order valence-corrected chi connectivity index (χ4v) is 6.49. The van der Waals surface area contributed by atoms with Crippen molar-refractivity contribution in [1.82, 2.24) is 4.90 Å². The maximum atomic E-state index is 13.4. The first-order valence-corrected chi connectivity index (χ1v) is 16.0. The van der Waals surface area contributed by atoms with E-state index in [0.29, 0.717) is 47.7 Å². The Labute approximate surface area is 253 Å². The number of benzene rings is 1. The van der Waals surface area contributed by atoms with Crippen LogP contribution in [0.1, 0.15) is 70.8 Å². The number of carboxylic acid groups (broad SMARTS) is 1. The van der Waals surface area contributed by atoms with Gasteiger partial charge in [-0.25, -0.2) is 4.39 Å². The Bertz CT molecular complexity index is 1260. The zero-order chi connectivity index (χ0) is 29.9. The molecule has 0 radical (unpaired) electrons. The number of carboxylic acids is 1. The third kappa shape index (κ3) is 9.12. The second-order valence-electron chi connectivity index (χ2n) is 11.1. The molecule has 42 heavy (non-hydrogen) atoms. The number of nitrogens with zero attached hydrogens (tertiary/aromatic N) is 1. The number of ether oxygens (including phenoxy) is 2. The highest BCUT2D eigenvalue weighted by Crippen LogP contribution is 2.36. The van der Waals surface area contributed by atoms with Crippen LogP contribution in [0.5, 0.6) is 0 Å². The molecular formula is C34H42FNO5S. The normalized spacial score (nSPS) is 20.1. The minimum Gasteiger partial charge on any atom is -0.490 e. The van der Waals surface area contributed by atoms with Gasteiger partial charge in [0.05, 0.1) is 17.4 Å². The van der Waals surface area contributed by atoms with Crippen LogP contribution in [0.3, 0.4) is 0 Å². The van der Waals surface area contributed by atoms with E-state index in [1.54, 1.807) is 12.1 Å². The average molecular weight is 596 g/mol. The van der Waals surface area contributed by atoms with Gasteiger partial charge in [0.2, 0.25) is 0 Å².